The fourth-order valence-electron chi connectivity index (χ4n) is 3.36. The van der Waals surface area contributed by atoms with Crippen LogP contribution in [0.4, 0.5) is 5.69 Å². The van der Waals surface area contributed by atoms with E-state index in [0.717, 1.165) is 36.7 Å². The molecule has 8 heteroatoms. The second-order valence-corrected chi connectivity index (χ2v) is 8.25. The molecule has 166 valence electrons. The van der Waals surface area contributed by atoms with E-state index in [2.05, 4.69) is 16.0 Å². The molecule has 0 aliphatic carbocycles. The van der Waals surface area contributed by atoms with Crippen molar-refractivity contribution in [1.82, 2.24) is 20.4 Å². The summed E-state index contributed by atoms with van der Waals surface area (Å²) < 4.78 is 0. The van der Waals surface area contributed by atoms with Crippen LogP contribution in [0, 0.1) is 5.92 Å². The minimum atomic E-state index is -0.0441. The second-order valence-electron chi connectivity index (χ2n) is 8.25. The Balaban J connectivity index is 1.95. The average molecular weight is 417 g/mol. The Morgan fingerprint density at radius 3 is 2.73 bits per heavy atom. The molecular weight excluding hydrogens is 380 g/mol. The molecular formula is C22H36N6O2. The number of nitrogens with zero attached hydrogens (tertiary/aromatic N) is 3. The van der Waals surface area contributed by atoms with Crippen LogP contribution in [0.5, 0.6) is 0 Å². The van der Waals surface area contributed by atoms with Crippen molar-refractivity contribution >= 4 is 23.5 Å². The van der Waals surface area contributed by atoms with Crippen molar-refractivity contribution in [2.45, 2.75) is 39.8 Å². The molecule has 1 aromatic rings. The van der Waals surface area contributed by atoms with Gasteiger partial charge < -0.3 is 25.8 Å². The van der Waals surface area contributed by atoms with Gasteiger partial charge in [-0.1, -0.05) is 26.0 Å². The summed E-state index contributed by atoms with van der Waals surface area (Å²) in [5, 5.41) is 9.64. The van der Waals surface area contributed by atoms with E-state index in [9.17, 15) is 9.59 Å². The third-order valence-corrected chi connectivity index (χ3v) is 4.77. The lowest BCUT2D eigenvalue weighted by Gasteiger charge is -2.20. The van der Waals surface area contributed by atoms with Crippen LogP contribution in [-0.2, 0) is 16.1 Å². The summed E-state index contributed by atoms with van der Waals surface area (Å²) in [5.41, 5.74) is 1.78. The number of benzene rings is 1. The van der Waals surface area contributed by atoms with E-state index in [0.29, 0.717) is 19.6 Å². The van der Waals surface area contributed by atoms with Crippen LogP contribution in [-0.4, -0.2) is 73.9 Å². The number of nitrogens with one attached hydrogen (secondary N) is 3. The molecule has 0 bridgehead atoms. The fraction of sp³-hybridized carbons (Fsp3) is 0.591. The predicted octanol–water partition coefficient (Wildman–Crippen LogP) is 1.50. The zero-order valence-corrected chi connectivity index (χ0v) is 18.9. The Labute approximate surface area is 180 Å². The molecule has 1 heterocycles. The molecule has 1 aromatic carbocycles. The molecule has 2 amide bonds. The van der Waals surface area contributed by atoms with Crippen molar-refractivity contribution in [3.8, 4) is 0 Å². The predicted molar refractivity (Wildman–Crippen MR) is 121 cm³/mol. The lowest BCUT2D eigenvalue weighted by Crippen LogP contribution is -2.45. The standard InChI is InChI=1S/C22H36N6O2/c1-6-23-22(26-19-10-11-28(14-19)21(30)16(2)3)24-13-17-8-7-9-18(12-17)25-20(29)15-27(4)5/h7-9,12,16,19H,6,10-11,13-15H2,1-5H3,(H,25,29)(H2,23,24,26). The van der Waals surface area contributed by atoms with E-state index >= 15 is 0 Å². The summed E-state index contributed by atoms with van der Waals surface area (Å²) in [6.45, 7) is 8.98. The van der Waals surface area contributed by atoms with Gasteiger partial charge in [0.1, 0.15) is 0 Å². The van der Waals surface area contributed by atoms with E-state index in [4.69, 9.17) is 4.99 Å². The summed E-state index contributed by atoms with van der Waals surface area (Å²) in [5.74, 6) is 0.922. The summed E-state index contributed by atoms with van der Waals surface area (Å²) >= 11 is 0. The maximum Gasteiger partial charge on any atom is 0.238 e. The Hall–Kier alpha value is -2.61. The molecule has 8 nitrogen and oxygen atoms in total. The van der Waals surface area contributed by atoms with Gasteiger partial charge in [-0.3, -0.25) is 9.59 Å². The maximum atomic E-state index is 12.2. The van der Waals surface area contributed by atoms with Crippen LogP contribution >= 0.6 is 0 Å². The molecule has 1 aliphatic rings. The highest BCUT2D eigenvalue weighted by molar-refractivity contribution is 5.92. The number of hydrogen-bond acceptors (Lipinski definition) is 4. The van der Waals surface area contributed by atoms with Crippen LogP contribution in [0.25, 0.3) is 0 Å². The number of carbonyl (C=O) groups is 2. The van der Waals surface area contributed by atoms with Gasteiger partial charge in [-0.2, -0.15) is 0 Å². The third-order valence-electron chi connectivity index (χ3n) is 4.77. The highest BCUT2D eigenvalue weighted by Crippen LogP contribution is 2.14. The minimum absolute atomic E-state index is 0.0242. The number of amides is 2. The first kappa shape index (κ1) is 23.7. The van der Waals surface area contributed by atoms with E-state index in [1.54, 1.807) is 0 Å². The number of aliphatic imine (C=N–C) groups is 1. The van der Waals surface area contributed by atoms with Gasteiger partial charge in [-0.25, -0.2) is 4.99 Å². The van der Waals surface area contributed by atoms with E-state index in [1.165, 1.54) is 0 Å². The molecule has 1 unspecified atom stereocenters. The van der Waals surface area contributed by atoms with Gasteiger partial charge in [-0.05, 0) is 45.1 Å². The molecule has 0 radical (unpaired) electrons. The summed E-state index contributed by atoms with van der Waals surface area (Å²) in [7, 11) is 3.73. The summed E-state index contributed by atoms with van der Waals surface area (Å²) in [4.78, 5) is 32.6. The molecule has 2 rings (SSSR count). The molecule has 3 N–H and O–H groups in total. The lowest BCUT2D eigenvalue weighted by molar-refractivity contribution is -0.133. The van der Waals surface area contributed by atoms with Gasteiger partial charge in [-0.15, -0.1) is 0 Å². The molecule has 1 aliphatic heterocycles. The van der Waals surface area contributed by atoms with E-state index in [-0.39, 0.29) is 23.8 Å². The highest BCUT2D eigenvalue weighted by Gasteiger charge is 2.27. The minimum Gasteiger partial charge on any atom is -0.357 e. The van der Waals surface area contributed by atoms with E-state index < -0.39 is 0 Å². The Kier molecular flexibility index (Phi) is 9.11. The first-order valence-electron chi connectivity index (χ1n) is 10.7. The zero-order chi connectivity index (χ0) is 22.1. The van der Waals surface area contributed by atoms with Crippen molar-refractivity contribution in [2.24, 2.45) is 10.9 Å². The first-order valence-corrected chi connectivity index (χ1v) is 10.7. The number of likely N-dealkylation sites (tertiary alicyclic amines) is 1. The van der Waals surface area contributed by atoms with Gasteiger partial charge in [0.15, 0.2) is 5.96 Å². The number of rotatable bonds is 8. The highest BCUT2D eigenvalue weighted by atomic mass is 16.2. The van der Waals surface area contributed by atoms with Crippen LogP contribution in [0.15, 0.2) is 29.3 Å². The number of anilines is 1. The van der Waals surface area contributed by atoms with Crippen molar-refractivity contribution in [3.63, 3.8) is 0 Å². The molecule has 0 aromatic heterocycles. The zero-order valence-electron chi connectivity index (χ0n) is 18.9. The van der Waals surface area contributed by atoms with Gasteiger partial charge in [0.05, 0.1) is 13.1 Å². The van der Waals surface area contributed by atoms with Crippen molar-refractivity contribution in [2.75, 3.05) is 45.6 Å². The van der Waals surface area contributed by atoms with Crippen LogP contribution in [0.2, 0.25) is 0 Å². The first-order chi connectivity index (χ1) is 14.3. The second kappa shape index (κ2) is 11.5. The Morgan fingerprint density at radius 1 is 1.30 bits per heavy atom. The molecule has 1 fully saturated rings. The van der Waals surface area contributed by atoms with Gasteiger partial charge in [0, 0.05) is 37.3 Å². The smallest absolute Gasteiger partial charge is 0.238 e. The van der Waals surface area contributed by atoms with Crippen LogP contribution < -0.4 is 16.0 Å². The quantitative estimate of drug-likeness (QED) is 0.441. The number of guanidine groups is 1. The van der Waals surface area contributed by atoms with Gasteiger partial charge in [0.25, 0.3) is 0 Å². The largest absolute Gasteiger partial charge is 0.357 e. The third kappa shape index (κ3) is 7.67. The molecule has 0 spiro atoms. The molecule has 30 heavy (non-hydrogen) atoms. The number of carbonyl (C=O) groups excluding carboxylic acids is 2. The molecule has 1 saturated heterocycles. The summed E-state index contributed by atoms with van der Waals surface area (Å²) in [6.07, 6.45) is 0.913. The average Bonchev–Trinajstić information content (AvgIpc) is 3.13. The van der Waals surface area contributed by atoms with Crippen molar-refractivity contribution in [1.29, 1.82) is 0 Å². The van der Waals surface area contributed by atoms with Gasteiger partial charge in [0.2, 0.25) is 11.8 Å². The fourth-order valence-corrected chi connectivity index (χ4v) is 3.36. The number of hydrogen-bond donors (Lipinski definition) is 3. The molecule has 0 saturated carbocycles. The van der Waals surface area contributed by atoms with Crippen LogP contribution in [0.3, 0.4) is 0 Å². The van der Waals surface area contributed by atoms with Crippen molar-refractivity contribution < 1.29 is 9.59 Å². The monoisotopic (exact) mass is 416 g/mol. The molecule has 1 atom stereocenters. The van der Waals surface area contributed by atoms with Gasteiger partial charge >= 0.3 is 0 Å². The summed E-state index contributed by atoms with van der Waals surface area (Å²) in [6, 6.07) is 7.93. The normalized spacial score (nSPS) is 16.8. The Morgan fingerprint density at radius 2 is 2.07 bits per heavy atom. The topological polar surface area (TPSA) is 89.1 Å². The maximum absolute atomic E-state index is 12.2. The lowest BCUT2D eigenvalue weighted by atomic mass is 10.2. The van der Waals surface area contributed by atoms with E-state index in [1.807, 2.05) is 68.9 Å². The Bertz CT molecular complexity index is 747. The SMILES string of the molecule is CCNC(=NCc1cccc(NC(=O)CN(C)C)c1)NC1CCN(C(=O)C(C)C)C1. The van der Waals surface area contributed by atoms with Crippen molar-refractivity contribution in [3.05, 3.63) is 29.8 Å². The van der Waals surface area contributed by atoms with Crippen LogP contribution in [0.1, 0.15) is 32.8 Å². The number of likely N-dealkylation sites (N-methyl/N-ethyl adjacent to an activating group) is 1.